The fourth-order valence-electron chi connectivity index (χ4n) is 2.30. The summed E-state index contributed by atoms with van der Waals surface area (Å²) in [5.74, 6) is -1.25. The van der Waals surface area contributed by atoms with E-state index in [1.165, 1.54) is 25.1 Å². The Labute approximate surface area is 163 Å². The molecule has 1 amide bonds. The van der Waals surface area contributed by atoms with E-state index in [2.05, 4.69) is 5.32 Å². The second-order valence-corrected chi connectivity index (χ2v) is 8.53. The first-order chi connectivity index (χ1) is 12.6. The van der Waals surface area contributed by atoms with Crippen molar-refractivity contribution in [3.8, 4) is 0 Å². The minimum atomic E-state index is -3.46. The molecular formula is C19H20ClNO5S. The van der Waals surface area contributed by atoms with Crippen molar-refractivity contribution < 1.29 is 22.7 Å². The molecule has 0 aromatic heterocycles. The highest BCUT2D eigenvalue weighted by atomic mass is 35.5. The summed E-state index contributed by atoms with van der Waals surface area (Å²) in [5.41, 5.74) is 1.39. The van der Waals surface area contributed by atoms with Crippen molar-refractivity contribution in [2.45, 2.75) is 31.4 Å². The maximum absolute atomic E-state index is 12.4. The summed E-state index contributed by atoms with van der Waals surface area (Å²) < 4.78 is 28.5. The van der Waals surface area contributed by atoms with Crippen LogP contribution in [0.3, 0.4) is 0 Å². The normalized spacial score (nSPS) is 12.3. The standard InChI is InChI=1S/C19H20ClNO5S/c1-12-8-9-15(27(3,24)25)10-16(12)19(23)26-13(2)18(22)21-11-14-6-4-5-7-17(14)20/h4-10,13H,11H2,1-3H3,(H,21,22)/t13-/m1/s1. The van der Waals surface area contributed by atoms with E-state index in [0.29, 0.717) is 10.6 Å². The molecule has 0 aliphatic carbocycles. The Kier molecular flexibility index (Phi) is 6.62. The average Bonchev–Trinajstić information content (AvgIpc) is 2.59. The first-order valence-corrected chi connectivity index (χ1v) is 10.4. The lowest BCUT2D eigenvalue weighted by Crippen LogP contribution is -2.35. The number of ether oxygens (including phenoxy) is 1. The summed E-state index contributed by atoms with van der Waals surface area (Å²) in [5, 5.41) is 3.17. The van der Waals surface area contributed by atoms with E-state index in [1.54, 1.807) is 31.2 Å². The first kappa shape index (κ1) is 20.9. The third-order valence-electron chi connectivity index (χ3n) is 3.92. The van der Waals surface area contributed by atoms with Crippen LogP contribution in [0, 0.1) is 6.92 Å². The van der Waals surface area contributed by atoms with Crippen LogP contribution < -0.4 is 5.32 Å². The fraction of sp³-hybridized carbons (Fsp3) is 0.263. The van der Waals surface area contributed by atoms with Gasteiger partial charge >= 0.3 is 5.97 Å². The SMILES string of the molecule is Cc1ccc(S(C)(=O)=O)cc1C(=O)O[C@H](C)C(=O)NCc1ccccc1Cl. The molecule has 0 radical (unpaired) electrons. The Balaban J connectivity index is 2.04. The minimum Gasteiger partial charge on any atom is -0.449 e. The number of carbonyl (C=O) groups is 2. The summed E-state index contributed by atoms with van der Waals surface area (Å²) in [4.78, 5) is 24.6. The van der Waals surface area contributed by atoms with Crippen LogP contribution in [0.1, 0.15) is 28.4 Å². The van der Waals surface area contributed by atoms with E-state index in [-0.39, 0.29) is 17.0 Å². The van der Waals surface area contributed by atoms with Gasteiger partial charge in [-0.15, -0.1) is 0 Å². The third kappa shape index (κ3) is 5.55. The van der Waals surface area contributed by atoms with Gasteiger partial charge in [-0.05, 0) is 43.2 Å². The van der Waals surface area contributed by atoms with Crippen molar-refractivity contribution in [1.82, 2.24) is 5.32 Å². The zero-order chi connectivity index (χ0) is 20.2. The zero-order valence-corrected chi connectivity index (χ0v) is 16.7. The third-order valence-corrected chi connectivity index (χ3v) is 5.40. The lowest BCUT2D eigenvalue weighted by atomic mass is 10.1. The molecule has 0 fully saturated rings. The van der Waals surface area contributed by atoms with Gasteiger partial charge in [0.1, 0.15) is 0 Å². The number of halogens is 1. The van der Waals surface area contributed by atoms with Crippen molar-refractivity contribution in [2.75, 3.05) is 6.26 Å². The Morgan fingerprint density at radius 1 is 1.19 bits per heavy atom. The van der Waals surface area contributed by atoms with E-state index in [4.69, 9.17) is 16.3 Å². The molecule has 8 heteroatoms. The van der Waals surface area contributed by atoms with Crippen LogP contribution in [-0.2, 0) is 25.9 Å². The fourth-order valence-corrected chi connectivity index (χ4v) is 3.15. The van der Waals surface area contributed by atoms with E-state index in [9.17, 15) is 18.0 Å². The summed E-state index contributed by atoms with van der Waals surface area (Å²) in [6.07, 6.45) is -0.00123. The molecular weight excluding hydrogens is 390 g/mol. The van der Waals surface area contributed by atoms with Crippen molar-refractivity contribution in [3.05, 3.63) is 64.2 Å². The second-order valence-electron chi connectivity index (χ2n) is 6.11. The molecule has 0 heterocycles. The van der Waals surface area contributed by atoms with Crippen molar-refractivity contribution in [3.63, 3.8) is 0 Å². The molecule has 27 heavy (non-hydrogen) atoms. The number of carbonyl (C=O) groups excluding carboxylic acids is 2. The van der Waals surface area contributed by atoms with Crippen molar-refractivity contribution in [2.24, 2.45) is 0 Å². The summed E-state index contributed by atoms with van der Waals surface area (Å²) in [6, 6.07) is 11.3. The van der Waals surface area contributed by atoms with Gasteiger partial charge < -0.3 is 10.1 Å². The van der Waals surface area contributed by atoms with Crippen LogP contribution in [0.15, 0.2) is 47.4 Å². The Bertz CT molecular complexity index is 972. The number of benzene rings is 2. The minimum absolute atomic E-state index is 0.0101. The van der Waals surface area contributed by atoms with Crippen LogP contribution in [0.4, 0.5) is 0 Å². The number of nitrogens with one attached hydrogen (secondary N) is 1. The maximum Gasteiger partial charge on any atom is 0.339 e. The van der Waals surface area contributed by atoms with Crippen LogP contribution in [0.25, 0.3) is 0 Å². The molecule has 0 saturated heterocycles. The lowest BCUT2D eigenvalue weighted by Gasteiger charge is -2.15. The van der Waals surface area contributed by atoms with E-state index in [0.717, 1.165) is 11.8 Å². The van der Waals surface area contributed by atoms with Gasteiger partial charge in [-0.2, -0.15) is 0 Å². The number of esters is 1. The molecule has 0 aliphatic heterocycles. The number of hydrogen-bond acceptors (Lipinski definition) is 5. The van der Waals surface area contributed by atoms with Crippen LogP contribution in [0.2, 0.25) is 5.02 Å². The second kappa shape index (κ2) is 8.54. The molecule has 2 rings (SSSR count). The molecule has 6 nitrogen and oxygen atoms in total. The molecule has 1 atom stereocenters. The molecule has 0 bridgehead atoms. The van der Waals surface area contributed by atoms with Gasteiger partial charge in [0.25, 0.3) is 5.91 Å². The predicted molar refractivity (Wildman–Crippen MR) is 102 cm³/mol. The molecule has 2 aromatic carbocycles. The van der Waals surface area contributed by atoms with E-state index in [1.807, 2.05) is 0 Å². The number of amides is 1. The first-order valence-electron chi connectivity index (χ1n) is 8.12. The highest BCUT2D eigenvalue weighted by Crippen LogP contribution is 2.18. The zero-order valence-electron chi connectivity index (χ0n) is 15.2. The van der Waals surface area contributed by atoms with Gasteiger partial charge in [-0.1, -0.05) is 35.9 Å². The van der Waals surface area contributed by atoms with Gasteiger partial charge in [0.15, 0.2) is 15.9 Å². The summed E-state index contributed by atoms with van der Waals surface area (Å²) >= 11 is 6.03. The van der Waals surface area contributed by atoms with Crippen molar-refractivity contribution >= 4 is 33.3 Å². The smallest absolute Gasteiger partial charge is 0.339 e. The van der Waals surface area contributed by atoms with Gasteiger partial charge in [-0.25, -0.2) is 13.2 Å². The molecule has 0 aliphatic rings. The molecule has 144 valence electrons. The predicted octanol–water partition coefficient (Wildman–Crippen LogP) is 2.91. The topological polar surface area (TPSA) is 89.5 Å². The molecule has 2 aromatic rings. The Hall–Kier alpha value is -2.38. The lowest BCUT2D eigenvalue weighted by molar-refractivity contribution is -0.129. The van der Waals surface area contributed by atoms with Crippen LogP contribution in [-0.4, -0.2) is 32.7 Å². The molecule has 1 N–H and O–H groups in total. The van der Waals surface area contributed by atoms with Gasteiger partial charge in [0, 0.05) is 17.8 Å². The van der Waals surface area contributed by atoms with Crippen LogP contribution in [0.5, 0.6) is 0 Å². The molecule has 0 spiro atoms. The molecule has 0 saturated carbocycles. The van der Waals surface area contributed by atoms with E-state index >= 15 is 0 Å². The summed E-state index contributed by atoms with van der Waals surface area (Å²) in [6.45, 7) is 3.30. The average molecular weight is 410 g/mol. The molecule has 0 unspecified atom stereocenters. The summed E-state index contributed by atoms with van der Waals surface area (Å²) in [7, 11) is -3.46. The maximum atomic E-state index is 12.4. The monoisotopic (exact) mass is 409 g/mol. The Morgan fingerprint density at radius 2 is 1.85 bits per heavy atom. The number of sulfone groups is 1. The van der Waals surface area contributed by atoms with Crippen molar-refractivity contribution in [1.29, 1.82) is 0 Å². The Morgan fingerprint density at radius 3 is 2.48 bits per heavy atom. The largest absolute Gasteiger partial charge is 0.449 e. The van der Waals surface area contributed by atoms with Gasteiger partial charge in [0.05, 0.1) is 10.5 Å². The van der Waals surface area contributed by atoms with Gasteiger partial charge in [0.2, 0.25) is 0 Å². The number of rotatable bonds is 6. The highest BCUT2D eigenvalue weighted by molar-refractivity contribution is 7.90. The van der Waals surface area contributed by atoms with Crippen LogP contribution >= 0.6 is 11.6 Å². The highest BCUT2D eigenvalue weighted by Gasteiger charge is 2.21. The number of aryl methyl sites for hydroxylation is 1. The quantitative estimate of drug-likeness (QED) is 0.741. The van der Waals surface area contributed by atoms with E-state index < -0.39 is 27.8 Å². The van der Waals surface area contributed by atoms with Gasteiger partial charge in [-0.3, -0.25) is 4.79 Å². The number of hydrogen-bond donors (Lipinski definition) is 1.